The highest BCUT2D eigenvalue weighted by Gasteiger charge is 2.18. The standard InChI is InChI=1S/C21H16N4O3S/c1-28-15-9-10-23-18(19(15)26)20(27)25-21-24-14-8-7-13(11-16(14)29-21)17(22)12-5-3-2-4-6-12/h2-11,22,26H,1H3,(H,24,25,27). The molecule has 1 amide bonds. The van der Waals surface area contributed by atoms with Gasteiger partial charge in [-0.05, 0) is 17.7 Å². The van der Waals surface area contributed by atoms with Crippen LogP contribution in [-0.2, 0) is 0 Å². The van der Waals surface area contributed by atoms with Gasteiger partial charge in [0.15, 0.2) is 22.3 Å². The molecular formula is C21H16N4O3S. The zero-order valence-electron chi connectivity index (χ0n) is 15.3. The Morgan fingerprint density at radius 1 is 1.14 bits per heavy atom. The monoisotopic (exact) mass is 404 g/mol. The highest BCUT2D eigenvalue weighted by Crippen LogP contribution is 2.30. The molecule has 0 unspecified atom stereocenters. The molecule has 0 aliphatic carbocycles. The van der Waals surface area contributed by atoms with Crippen molar-refractivity contribution >= 4 is 38.3 Å². The minimum atomic E-state index is -0.585. The summed E-state index contributed by atoms with van der Waals surface area (Å²) in [4.78, 5) is 20.8. The molecule has 2 heterocycles. The Morgan fingerprint density at radius 3 is 2.69 bits per heavy atom. The predicted octanol–water partition coefficient (Wildman–Crippen LogP) is 4.07. The van der Waals surface area contributed by atoms with Crippen LogP contribution in [0.4, 0.5) is 5.13 Å². The Morgan fingerprint density at radius 2 is 1.93 bits per heavy atom. The second kappa shape index (κ2) is 7.69. The number of aromatic nitrogens is 2. The van der Waals surface area contributed by atoms with Crippen LogP contribution in [0.3, 0.4) is 0 Å². The van der Waals surface area contributed by atoms with Crippen molar-refractivity contribution < 1.29 is 14.6 Å². The highest BCUT2D eigenvalue weighted by atomic mass is 32.1. The van der Waals surface area contributed by atoms with Crippen molar-refractivity contribution in [3.8, 4) is 11.5 Å². The number of carbonyl (C=O) groups is 1. The number of pyridine rings is 1. The normalized spacial score (nSPS) is 10.7. The first-order valence-electron chi connectivity index (χ1n) is 8.65. The highest BCUT2D eigenvalue weighted by molar-refractivity contribution is 7.22. The first-order chi connectivity index (χ1) is 14.1. The summed E-state index contributed by atoms with van der Waals surface area (Å²) in [6.07, 6.45) is 1.38. The quantitative estimate of drug-likeness (QED) is 0.435. The number of thiazole rings is 1. The average Bonchev–Trinajstić information content (AvgIpc) is 3.15. The lowest BCUT2D eigenvalue weighted by Gasteiger charge is -2.06. The predicted molar refractivity (Wildman–Crippen MR) is 112 cm³/mol. The fourth-order valence-corrected chi connectivity index (χ4v) is 3.73. The maximum absolute atomic E-state index is 12.5. The maximum atomic E-state index is 12.5. The van der Waals surface area contributed by atoms with E-state index >= 15 is 0 Å². The van der Waals surface area contributed by atoms with Gasteiger partial charge < -0.3 is 9.84 Å². The Bertz CT molecular complexity index is 1220. The number of nitrogens with one attached hydrogen (secondary N) is 2. The summed E-state index contributed by atoms with van der Waals surface area (Å²) < 4.78 is 5.84. The molecule has 29 heavy (non-hydrogen) atoms. The van der Waals surface area contributed by atoms with E-state index in [2.05, 4.69) is 15.3 Å². The summed E-state index contributed by atoms with van der Waals surface area (Å²) in [6, 6.07) is 16.5. The van der Waals surface area contributed by atoms with Gasteiger partial charge in [-0.1, -0.05) is 47.7 Å². The van der Waals surface area contributed by atoms with Gasteiger partial charge in [0.2, 0.25) is 0 Å². The van der Waals surface area contributed by atoms with Crippen LogP contribution in [0.1, 0.15) is 21.6 Å². The molecule has 8 heteroatoms. The van der Waals surface area contributed by atoms with Gasteiger partial charge in [-0.3, -0.25) is 15.5 Å². The summed E-state index contributed by atoms with van der Waals surface area (Å²) in [5.41, 5.74) is 2.56. The molecule has 3 N–H and O–H groups in total. The molecule has 0 bridgehead atoms. The van der Waals surface area contributed by atoms with Crippen LogP contribution in [-0.4, -0.2) is 33.8 Å². The summed E-state index contributed by atoms with van der Waals surface area (Å²) in [6.45, 7) is 0. The number of hydrogen-bond donors (Lipinski definition) is 3. The van der Waals surface area contributed by atoms with E-state index in [9.17, 15) is 9.90 Å². The van der Waals surface area contributed by atoms with Gasteiger partial charge in [-0.2, -0.15) is 0 Å². The fourth-order valence-electron chi connectivity index (χ4n) is 2.83. The molecule has 0 fully saturated rings. The number of benzene rings is 2. The molecule has 0 spiro atoms. The van der Waals surface area contributed by atoms with Crippen LogP contribution < -0.4 is 10.1 Å². The number of amides is 1. The van der Waals surface area contributed by atoms with E-state index in [0.29, 0.717) is 16.4 Å². The van der Waals surface area contributed by atoms with Crippen LogP contribution in [0, 0.1) is 5.41 Å². The van der Waals surface area contributed by atoms with Crippen molar-refractivity contribution in [3.63, 3.8) is 0 Å². The van der Waals surface area contributed by atoms with Crippen LogP contribution in [0.2, 0.25) is 0 Å². The molecular weight excluding hydrogens is 388 g/mol. The molecule has 7 nitrogen and oxygen atoms in total. The van der Waals surface area contributed by atoms with E-state index in [1.807, 2.05) is 48.5 Å². The van der Waals surface area contributed by atoms with E-state index in [1.54, 1.807) is 0 Å². The van der Waals surface area contributed by atoms with Gasteiger partial charge in [0.05, 0.1) is 23.0 Å². The number of nitrogens with zero attached hydrogens (tertiary/aromatic N) is 2. The SMILES string of the molecule is COc1ccnc(C(=O)Nc2nc3ccc(C(=N)c4ccccc4)cc3s2)c1O. The summed E-state index contributed by atoms with van der Waals surface area (Å²) in [5.74, 6) is -0.747. The lowest BCUT2D eigenvalue weighted by Crippen LogP contribution is -2.13. The number of carbonyl (C=O) groups excluding carboxylic acids is 1. The van der Waals surface area contributed by atoms with Crippen LogP contribution in [0.15, 0.2) is 60.8 Å². The Balaban J connectivity index is 1.60. The van der Waals surface area contributed by atoms with E-state index in [4.69, 9.17) is 10.1 Å². The minimum absolute atomic E-state index is 0.143. The van der Waals surface area contributed by atoms with Crippen LogP contribution in [0.25, 0.3) is 10.2 Å². The molecule has 0 saturated heterocycles. The van der Waals surface area contributed by atoms with Gasteiger partial charge in [0, 0.05) is 17.8 Å². The molecule has 0 radical (unpaired) electrons. The second-order valence-electron chi connectivity index (χ2n) is 6.11. The molecule has 4 rings (SSSR count). The number of aromatic hydroxyl groups is 1. The summed E-state index contributed by atoms with van der Waals surface area (Å²) in [7, 11) is 1.40. The number of methoxy groups -OCH3 is 1. The van der Waals surface area contributed by atoms with Crippen molar-refractivity contribution in [2.24, 2.45) is 0 Å². The number of hydrogen-bond acceptors (Lipinski definition) is 7. The molecule has 2 aromatic carbocycles. The minimum Gasteiger partial charge on any atom is -0.503 e. The van der Waals surface area contributed by atoms with E-state index < -0.39 is 5.91 Å². The lowest BCUT2D eigenvalue weighted by atomic mass is 10.0. The van der Waals surface area contributed by atoms with Gasteiger partial charge in [-0.15, -0.1) is 0 Å². The Kier molecular flexibility index (Phi) is 4.92. The first kappa shape index (κ1) is 18.6. The smallest absolute Gasteiger partial charge is 0.280 e. The molecule has 4 aromatic rings. The van der Waals surface area contributed by atoms with Crippen LogP contribution in [0.5, 0.6) is 11.5 Å². The van der Waals surface area contributed by atoms with Gasteiger partial charge in [0.1, 0.15) is 0 Å². The summed E-state index contributed by atoms with van der Waals surface area (Å²) >= 11 is 1.28. The Labute approximate surface area is 170 Å². The second-order valence-corrected chi connectivity index (χ2v) is 7.14. The third kappa shape index (κ3) is 3.65. The van der Waals surface area contributed by atoms with E-state index in [0.717, 1.165) is 15.8 Å². The molecule has 0 saturated carbocycles. The maximum Gasteiger partial charge on any atom is 0.280 e. The van der Waals surface area contributed by atoms with Gasteiger partial charge >= 0.3 is 0 Å². The molecule has 0 aliphatic rings. The van der Waals surface area contributed by atoms with E-state index in [1.165, 1.54) is 30.7 Å². The average molecular weight is 404 g/mol. The van der Waals surface area contributed by atoms with Crippen molar-refractivity contribution in [2.45, 2.75) is 0 Å². The number of rotatable bonds is 5. The zero-order chi connectivity index (χ0) is 20.4. The van der Waals surface area contributed by atoms with E-state index in [-0.39, 0.29) is 17.2 Å². The third-order valence-electron chi connectivity index (χ3n) is 4.28. The first-order valence-corrected chi connectivity index (χ1v) is 9.46. The number of ether oxygens (including phenoxy) is 1. The van der Waals surface area contributed by atoms with Gasteiger partial charge in [-0.25, -0.2) is 9.97 Å². The zero-order valence-corrected chi connectivity index (χ0v) is 16.2. The fraction of sp³-hybridized carbons (Fsp3) is 0.0476. The van der Waals surface area contributed by atoms with Crippen LogP contribution >= 0.6 is 11.3 Å². The summed E-state index contributed by atoms with van der Waals surface area (Å²) in [5, 5.41) is 21.5. The lowest BCUT2D eigenvalue weighted by molar-refractivity contribution is 0.101. The topological polar surface area (TPSA) is 108 Å². The largest absolute Gasteiger partial charge is 0.503 e. The molecule has 0 aliphatic heterocycles. The number of anilines is 1. The number of fused-ring (bicyclic) bond motifs is 1. The van der Waals surface area contributed by atoms with Crippen molar-refractivity contribution in [3.05, 3.63) is 77.6 Å². The van der Waals surface area contributed by atoms with Crippen molar-refractivity contribution in [1.82, 2.24) is 9.97 Å². The van der Waals surface area contributed by atoms with Crippen molar-refractivity contribution in [1.29, 1.82) is 5.41 Å². The van der Waals surface area contributed by atoms with Crippen molar-refractivity contribution in [2.75, 3.05) is 12.4 Å². The van der Waals surface area contributed by atoms with Gasteiger partial charge in [0.25, 0.3) is 5.91 Å². The molecule has 2 aromatic heterocycles. The molecule has 144 valence electrons. The Hall–Kier alpha value is -3.78. The third-order valence-corrected chi connectivity index (χ3v) is 5.22. The molecule has 0 atom stereocenters.